The topological polar surface area (TPSA) is 15.3 Å². The molecule has 1 N–H and O–H groups in total. The average Bonchev–Trinajstić information content (AvgIpc) is 2.09. The second-order valence-corrected chi connectivity index (χ2v) is 4.10. The van der Waals surface area contributed by atoms with Crippen LogP contribution < -0.4 is 5.32 Å². The van der Waals surface area contributed by atoms with Gasteiger partial charge in [0.2, 0.25) is 0 Å². The number of hydrogen-bond acceptors (Lipinski definition) is 2. The highest BCUT2D eigenvalue weighted by molar-refractivity contribution is 4.84. The molecule has 1 rings (SSSR count). The maximum Gasteiger partial charge on any atom is 0.251 e. The van der Waals surface area contributed by atoms with E-state index in [-0.39, 0.29) is 6.54 Å². The Bertz CT molecular complexity index is 162. The lowest BCUT2D eigenvalue weighted by Crippen LogP contribution is -2.56. The minimum absolute atomic E-state index is 0.0727. The van der Waals surface area contributed by atoms with Gasteiger partial charge in [-0.05, 0) is 13.3 Å². The predicted molar refractivity (Wildman–Crippen MR) is 53.7 cm³/mol. The van der Waals surface area contributed by atoms with Gasteiger partial charge in [0.25, 0.3) is 6.43 Å². The number of piperazine rings is 1. The zero-order valence-electron chi connectivity index (χ0n) is 8.97. The lowest BCUT2D eigenvalue weighted by atomic mass is 10.1. The van der Waals surface area contributed by atoms with Crippen LogP contribution in [0, 0.1) is 0 Å². The molecule has 1 aliphatic heterocycles. The standard InChI is InChI=1S/C10H20F2N2/c1-3-4-9-5-13-8(2)6-14(9)7-10(11)12/h8-10,13H,3-7H2,1-2H3. The fourth-order valence-electron chi connectivity index (χ4n) is 2.05. The SMILES string of the molecule is CCCC1CNC(C)CN1CC(F)F. The molecule has 0 bridgehead atoms. The third-order valence-corrected chi connectivity index (χ3v) is 2.72. The summed E-state index contributed by atoms with van der Waals surface area (Å²) in [6.07, 6.45) is -0.146. The van der Waals surface area contributed by atoms with E-state index in [2.05, 4.69) is 12.2 Å². The number of halogens is 2. The first kappa shape index (κ1) is 11.9. The van der Waals surface area contributed by atoms with Gasteiger partial charge in [-0.25, -0.2) is 8.78 Å². The van der Waals surface area contributed by atoms with Crippen molar-refractivity contribution >= 4 is 0 Å². The van der Waals surface area contributed by atoms with E-state index in [4.69, 9.17) is 0 Å². The maximum absolute atomic E-state index is 12.3. The van der Waals surface area contributed by atoms with Crippen molar-refractivity contribution in [3.63, 3.8) is 0 Å². The van der Waals surface area contributed by atoms with Gasteiger partial charge < -0.3 is 5.32 Å². The van der Waals surface area contributed by atoms with E-state index < -0.39 is 6.43 Å². The summed E-state index contributed by atoms with van der Waals surface area (Å²) in [7, 11) is 0. The molecule has 0 spiro atoms. The van der Waals surface area contributed by atoms with Gasteiger partial charge in [-0.3, -0.25) is 4.90 Å². The van der Waals surface area contributed by atoms with Crippen molar-refractivity contribution in [1.29, 1.82) is 0 Å². The summed E-state index contributed by atoms with van der Waals surface area (Å²) in [6.45, 7) is 5.66. The molecule has 1 aliphatic rings. The van der Waals surface area contributed by atoms with Crippen LogP contribution in [0.1, 0.15) is 26.7 Å². The van der Waals surface area contributed by atoms with Crippen molar-refractivity contribution in [3.05, 3.63) is 0 Å². The first-order valence-electron chi connectivity index (χ1n) is 5.39. The Morgan fingerprint density at radius 1 is 1.50 bits per heavy atom. The fraction of sp³-hybridized carbons (Fsp3) is 1.00. The lowest BCUT2D eigenvalue weighted by Gasteiger charge is -2.39. The molecule has 0 aromatic heterocycles. The highest BCUT2D eigenvalue weighted by Gasteiger charge is 2.26. The van der Waals surface area contributed by atoms with Gasteiger partial charge in [-0.2, -0.15) is 0 Å². The Morgan fingerprint density at radius 2 is 2.21 bits per heavy atom. The van der Waals surface area contributed by atoms with E-state index in [0.29, 0.717) is 12.1 Å². The fourth-order valence-corrected chi connectivity index (χ4v) is 2.05. The number of nitrogens with zero attached hydrogens (tertiary/aromatic N) is 1. The van der Waals surface area contributed by atoms with Crippen LogP contribution in [-0.4, -0.2) is 43.0 Å². The van der Waals surface area contributed by atoms with E-state index >= 15 is 0 Å². The van der Waals surface area contributed by atoms with Crippen LogP contribution in [0.4, 0.5) is 8.78 Å². The minimum Gasteiger partial charge on any atom is -0.311 e. The summed E-state index contributed by atoms with van der Waals surface area (Å²) in [5, 5.41) is 3.33. The summed E-state index contributed by atoms with van der Waals surface area (Å²) >= 11 is 0. The van der Waals surface area contributed by atoms with Gasteiger partial charge in [0.05, 0.1) is 6.54 Å². The monoisotopic (exact) mass is 206 g/mol. The first-order chi connectivity index (χ1) is 6.63. The highest BCUT2D eigenvalue weighted by Crippen LogP contribution is 2.13. The molecule has 1 fully saturated rings. The molecule has 0 aromatic carbocycles. The van der Waals surface area contributed by atoms with Crippen molar-refractivity contribution < 1.29 is 8.78 Å². The zero-order chi connectivity index (χ0) is 10.6. The molecule has 2 unspecified atom stereocenters. The second kappa shape index (κ2) is 5.61. The highest BCUT2D eigenvalue weighted by atomic mass is 19.3. The Morgan fingerprint density at radius 3 is 2.79 bits per heavy atom. The van der Waals surface area contributed by atoms with Gasteiger partial charge in [0.1, 0.15) is 0 Å². The van der Waals surface area contributed by atoms with Gasteiger partial charge in [-0.15, -0.1) is 0 Å². The summed E-state index contributed by atoms with van der Waals surface area (Å²) in [5.41, 5.74) is 0. The van der Waals surface area contributed by atoms with Gasteiger partial charge in [0, 0.05) is 25.2 Å². The summed E-state index contributed by atoms with van der Waals surface area (Å²) < 4.78 is 24.6. The Kier molecular flexibility index (Phi) is 4.75. The number of nitrogens with one attached hydrogen (secondary N) is 1. The molecule has 0 saturated carbocycles. The van der Waals surface area contributed by atoms with Crippen molar-refractivity contribution in [2.24, 2.45) is 0 Å². The molecular formula is C10H20F2N2. The van der Waals surface area contributed by atoms with Crippen LogP contribution in [-0.2, 0) is 0 Å². The van der Waals surface area contributed by atoms with E-state index in [1.54, 1.807) is 0 Å². The largest absolute Gasteiger partial charge is 0.311 e. The molecule has 0 radical (unpaired) electrons. The Balaban J connectivity index is 2.45. The third-order valence-electron chi connectivity index (χ3n) is 2.72. The van der Waals surface area contributed by atoms with Crippen LogP contribution in [0.3, 0.4) is 0 Å². The normalized spacial score (nSPS) is 29.8. The first-order valence-corrected chi connectivity index (χ1v) is 5.39. The van der Waals surface area contributed by atoms with Crippen molar-refractivity contribution in [2.45, 2.75) is 45.2 Å². The van der Waals surface area contributed by atoms with Crippen LogP contribution >= 0.6 is 0 Å². The molecule has 4 heteroatoms. The van der Waals surface area contributed by atoms with Crippen LogP contribution in [0.2, 0.25) is 0 Å². The summed E-state index contributed by atoms with van der Waals surface area (Å²) in [5.74, 6) is 0. The lowest BCUT2D eigenvalue weighted by molar-refractivity contribution is 0.0423. The van der Waals surface area contributed by atoms with Crippen molar-refractivity contribution in [3.8, 4) is 0 Å². The molecule has 0 aliphatic carbocycles. The molecule has 1 saturated heterocycles. The Labute approximate surface area is 84.7 Å². The van der Waals surface area contributed by atoms with Crippen molar-refractivity contribution in [2.75, 3.05) is 19.6 Å². The molecule has 1 heterocycles. The van der Waals surface area contributed by atoms with E-state index in [1.165, 1.54) is 0 Å². The zero-order valence-corrected chi connectivity index (χ0v) is 8.97. The van der Waals surface area contributed by atoms with Gasteiger partial charge in [0.15, 0.2) is 0 Å². The molecule has 2 atom stereocenters. The molecule has 14 heavy (non-hydrogen) atoms. The predicted octanol–water partition coefficient (Wildman–Crippen LogP) is 1.71. The number of alkyl halides is 2. The molecular weight excluding hydrogens is 186 g/mol. The van der Waals surface area contributed by atoms with E-state index in [0.717, 1.165) is 25.9 Å². The Hall–Kier alpha value is -0.220. The molecule has 2 nitrogen and oxygen atoms in total. The van der Waals surface area contributed by atoms with E-state index in [1.807, 2.05) is 11.8 Å². The summed E-state index contributed by atoms with van der Waals surface area (Å²) in [6, 6.07) is 0.632. The number of hydrogen-bond donors (Lipinski definition) is 1. The van der Waals surface area contributed by atoms with Gasteiger partial charge >= 0.3 is 0 Å². The van der Waals surface area contributed by atoms with Crippen LogP contribution in [0.15, 0.2) is 0 Å². The third kappa shape index (κ3) is 3.50. The molecule has 0 amide bonds. The maximum atomic E-state index is 12.3. The van der Waals surface area contributed by atoms with Gasteiger partial charge in [-0.1, -0.05) is 13.3 Å². The average molecular weight is 206 g/mol. The minimum atomic E-state index is -2.21. The van der Waals surface area contributed by atoms with Crippen molar-refractivity contribution in [1.82, 2.24) is 10.2 Å². The second-order valence-electron chi connectivity index (χ2n) is 4.10. The molecule has 0 aromatic rings. The quantitative estimate of drug-likeness (QED) is 0.753. The smallest absolute Gasteiger partial charge is 0.251 e. The van der Waals surface area contributed by atoms with E-state index in [9.17, 15) is 8.78 Å². The summed E-state index contributed by atoms with van der Waals surface area (Å²) in [4.78, 5) is 1.93. The van der Waals surface area contributed by atoms with Crippen LogP contribution in [0.5, 0.6) is 0 Å². The number of rotatable bonds is 4. The molecule has 84 valence electrons. The van der Waals surface area contributed by atoms with Crippen LogP contribution in [0.25, 0.3) is 0 Å².